The Morgan fingerprint density at radius 1 is 1.45 bits per heavy atom. The van der Waals surface area contributed by atoms with Crippen LogP contribution in [0.5, 0.6) is 0 Å². The fourth-order valence-corrected chi connectivity index (χ4v) is 3.61. The van der Waals surface area contributed by atoms with Gasteiger partial charge in [0.15, 0.2) is 0 Å². The highest BCUT2D eigenvalue weighted by molar-refractivity contribution is 5.78. The molecule has 2 aliphatic rings. The first-order chi connectivity index (χ1) is 9.69. The zero-order valence-corrected chi connectivity index (χ0v) is 12.3. The van der Waals surface area contributed by atoms with E-state index in [-0.39, 0.29) is 5.91 Å². The molecule has 1 aromatic heterocycles. The summed E-state index contributed by atoms with van der Waals surface area (Å²) < 4.78 is 1.93. The van der Waals surface area contributed by atoms with Crippen LogP contribution in [0, 0.1) is 5.41 Å². The van der Waals surface area contributed by atoms with E-state index in [1.54, 1.807) is 6.20 Å². The molecule has 0 radical (unpaired) electrons. The smallest absolute Gasteiger partial charge is 0.230 e. The van der Waals surface area contributed by atoms with Crippen molar-refractivity contribution in [1.82, 2.24) is 19.8 Å². The van der Waals surface area contributed by atoms with Crippen molar-refractivity contribution in [2.24, 2.45) is 12.5 Å². The lowest BCUT2D eigenvalue weighted by Crippen LogP contribution is -2.52. The minimum atomic E-state index is 0.226. The number of amides is 1. The van der Waals surface area contributed by atoms with Crippen LogP contribution < -0.4 is 5.32 Å². The second-order valence-electron chi connectivity index (χ2n) is 6.33. The van der Waals surface area contributed by atoms with Crippen molar-refractivity contribution >= 4 is 5.91 Å². The molecule has 2 aliphatic heterocycles. The van der Waals surface area contributed by atoms with Gasteiger partial charge < -0.3 is 14.8 Å². The molecule has 110 valence electrons. The summed E-state index contributed by atoms with van der Waals surface area (Å²) in [6.07, 6.45) is 8.96. The molecule has 2 saturated heterocycles. The van der Waals surface area contributed by atoms with E-state index in [9.17, 15) is 4.79 Å². The molecule has 0 aliphatic carbocycles. The van der Waals surface area contributed by atoms with E-state index in [0.717, 1.165) is 38.4 Å². The van der Waals surface area contributed by atoms with Crippen molar-refractivity contribution in [2.75, 3.05) is 26.2 Å². The largest absolute Gasteiger partial charge is 0.342 e. The molecule has 1 unspecified atom stereocenters. The van der Waals surface area contributed by atoms with E-state index in [0.29, 0.717) is 11.8 Å². The quantitative estimate of drug-likeness (QED) is 0.875. The van der Waals surface area contributed by atoms with Gasteiger partial charge in [-0.25, -0.2) is 4.98 Å². The molecule has 5 nitrogen and oxygen atoms in total. The summed E-state index contributed by atoms with van der Waals surface area (Å²) in [7, 11) is 1.94. The maximum absolute atomic E-state index is 12.5. The predicted molar refractivity (Wildman–Crippen MR) is 77.3 cm³/mol. The van der Waals surface area contributed by atoms with Gasteiger partial charge in [0.05, 0.1) is 6.42 Å². The highest BCUT2D eigenvalue weighted by Crippen LogP contribution is 2.35. The molecule has 3 rings (SSSR count). The number of nitrogens with zero attached hydrogens (tertiary/aromatic N) is 3. The lowest BCUT2D eigenvalue weighted by molar-refractivity contribution is -0.134. The summed E-state index contributed by atoms with van der Waals surface area (Å²) in [5.41, 5.74) is 0.327. The van der Waals surface area contributed by atoms with Gasteiger partial charge in [-0.1, -0.05) is 0 Å². The lowest BCUT2D eigenvalue weighted by Gasteiger charge is -2.45. The molecule has 5 heteroatoms. The number of aryl methyl sites for hydroxylation is 1. The van der Waals surface area contributed by atoms with Crippen LogP contribution in [-0.2, 0) is 18.3 Å². The standard InChI is InChI=1S/C15H24N4O/c1-18-9-7-17-13(18)10-14(20)19-8-3-5-15(12-19)4-2-6-16-11-15/h7,9,16H,2-6,8,10-12H2,1H3. The molecule has 1 aromatic rings. The Hall–Kier alpha value is -1.36. The first-order valence-electron chi connectivity index (χ1n) is 7.63. The monoisotopic (exact) mass is 276 g/mol. The van der Waals surface area contributed by atoms with Crippen LogP contribution in [0.15, 0.2) is 12.4 Å². The number of aromatic nitrogens is 2. The number of hydrogen-bond acceptors (Lipinski definition) is 3. The van der Waals surface area contributed by atoms with Crippen molar-refractivity contribution in [3.05, 3.63) is 18.2 Å². The van der Waals surface area contributed by atoms with E-state index in [4.69, 9.17) is 0 Å². The van der Waals surface area contributed by atoms with E-state index in [1.165, 1.54) is 19.3 Å². The Morgan fingerprint density at radius 3 is 3.00 bits per heavy atom. The highest BCUT2D eigenvalue weighted by atomic mass is 16.2. The maximum atomic E-state index is 12.5. The molecule has 20 heavy (non-hydrogen) atoms. The minimum Gasteiger partial charge on any atom is -0.342 e. The number of carbonyl (C=O) groups is 1. The second-order valence-corrected chi connectivity index (χ2v) is 6.33. The lowest BCUT2D eigenvalue weighted by atomic mass is 9.74. The second kappa shape index (κ2) is 5.56. The van der Waals surface area contributed by atoms with Crippen LogP contribution in [0.25, 0.3) is 0 Å². The Kier molecular flexibility index (Phi) is 3.78. The Bertz CT molecular complexity index is 470. The normalized spacial score (nSPS) is 26.9. The summed E-state index contributed by atoms with van der Waals surface area (Å²) in [5, 5.41) is 3.51. The van der Waals surface area contributed by atoms with E-state index in [1.807, 2.05) is 17.8 Å². The molecular formula is C15H24N4O. The predicted octanol–water partition coefficient (Wildman–Crippen LogP) is 0.955. The Balaban J connectivity index is 1.64. The zero-order chi connectivity index (χ0) is 14.0. The van der Waals surface area contributed by atoms with Crippen molar-refractivity contribution < 1.29 is 4.79 Å². The topological polar surface area (TPSA) is 50.2 Å². The fourth-order valence-electron chi connectivity index (χ4n) is 3.61. The molecule has 1 N–H and O–H groups in total. The molecule has 1 atom stereocenters. The number of nitrogens with one attached hydrogen (secondary N) is 1. The third kappa shape index (κ3) is 2.73. The Morgan fingerprint density at radius 2 is 2.30 bits per heavy atom. The van der Waals surface area contributed by atoms with Crippen LogP contribution in [0.1, 0.15) is 31.5 Å². The van der Waals surface area contributed by atoms with Gasteiger partial charge in [0.2, 0.25) is 5.91 Å². The molecule has 2 fully saturated rings. The van der Waals surface area contributed by atoms with Gasteiger partial charge in [0.1, 0.15) is 5.82 Å². The van der Waals surface area contributed by atoms with Gasteiger partial charge in [-0.15, -0.1) is 0 Å². The number of piperidine rings is 2. The van der Waals surface area contributed by atoms with Gasteiger partial charge in [-0.3, -0.25) is 4.79 Å². The zero-order valence-electron chi connectivity index (χ0n) is 12.3. The average Bonchev–Trinajstić information content (AvgIpc) is 2.85. The fraction of sp³-hybridized carbons (Fsp3) is 0.733. The first kappa shape index (κ1) is 13.6. The number of rotatable bonds is 2. The maximum Gasteiger partial charge on any atom is 0.230 e. The molecule has 1 spiro atoms. The Labute approximate surface area is 120 Å². The summed E-state index contributed by atoms with van der Waals surface area (Å²) in [6.45, 7) is 4.02. The van der Waals surface area contributed by atoms with Crippen molar-refractivity contribution in [2.45, 2.75) is 32.1 Å². The van der Waals surface area contributed by atoms with Crippen molar-refractivity contribution in [3.8, 4) is 0 Å². The van der Waals surface area contributed by atoms with E-state index >= 15 is 0 Å². The highest BCUT2D eigenvalue weighted by Gasteiger charge is 2.37. The molecule has 0 saturated carbocycles. The van der Waals surface area contributed by atoms with Gasteiger partial charge in [0.25, 0.3) is 0 Å². The molecular weight excluding hydrogens is 252 g/mol. The van der Waals surface area contributed by atoms with Crippen LogP contribution >= 0.6 is 0 Å². The number of likely N-dealkylation sites (tertiary alicyclic amines) is 1. The van der Waals surface area contributed by atoms with Gasteiger partial charge in [-0.2, -0.15) is 0 Å². The van der Waals surface area contributed by atoms with Crippen LogP contribution in [0.4, 0.5) is 0 Å². The molecule has 3 heterocycles. The third-order valence-electron chi connectivity index (χ3n) is 4.81. The van der Waals surface area contributed by atoms with Crippen LogP contribution in [0.2, 0.25) is 0 Å². The number of carbonyl (C=O) groups excluding carboxylic acids is 1. The molecule has 0 bridgehead atoms. The summed E-state index contributed by atoms with van der Waals surface area (Å²) in [5.74, 6) is 1.08. The van der Waals surface area contributed by atoms with E-state index in [2.05, 4.69) is 15.2 Å². The number of imidazole rings is 1. The molecule has 0 aromatic carbocycles. The van der Waals surface area contributed by atoms with Gasteiger partial charge in [0, 0.05) is 44.5 Å². The van der Waals surface area contributed by atoms with Gasteiger partial charge >= 0.3 is 0 Å². The summed E-state index contributed by atoms with van der Waals surface area (Å²) in [6, 6.07) is 0. The van der Waals surface area contributed by atoms with Crippen molar-refractivity contribution in [1.29, 1.82) is 0 Å². The molecule has 1 amide bonds. The third-order valence-corrected chi connectivity index (χ3v) is 4.81. The SMILES string of the molecule is Cn1ccnc1CC(=O)N1CCCC2(CCCNC2)C1. The summed E-state index contributed by atoms with van der Waals surface area (Å²) in [4.78, 5) is 18.8. The van der Waals surface area contributed by atoms with Crippen molar-refractivity contribution in [3.63, 3.8) is 0 Å². The summed E-state index contributed by atoms with van der Waals surface area (Å²) >= 11 is 0. The minimum absolute atomic E-state index is 0.226. The number of hydrogen-bond donors (Lipinski definition) is 1. The average molecular weight is 276 g/mol. The van der Waals surface area contributed by atoms with E-state index < -0.39 is 0 Å². The van der Waals surface area contributed by atoms with Gasteiger partial charge in [-0.05, 0) is 32.2 Å². The van der Waals surface area contributed by atoms with Crippen LogP contribution in [0.3, 0.4) is 0 Å². The van der Waals surface area contributed by atoms with Crippen LogP contribution in [-0.4, -0.2) is 46.5 Å². The first-order valence-corrected chi connectivity index (χ1v) is 7.63.